The fourth-order valence-electron chi connectivity index (χ4n) is 2.67. The summed E-state index contributed by atoms with van der Waals surface area (Å²) in [4.78, 5) is 12.7. The van der Waals surface area contributed by atoms with Crippen molar-refractivity contribution in [2.75, 3.05) is 19.8 Å². The normalized spacial score (nSPS) is 18.2. The van der Waals surface area contributed by atoms with Gasteiger partial charge in [-0.2, -0.15) is 5.10 Å². The number of aryl methyl sites for hydroxylation is 2. The fraction of sp³-hybridized carbons (Fsp3) is 0.714. The summed E-state index contributed by atoms with van der Waals surface area (Å²) < 4.78 is 12.8. The summed E-state index contributed by atoms with van der Waals surface area (Å²) in [6, 6.07) is 0. The van der Waals surface area contributed by atoms with Crippen LogP contribution < -0.4 is 0 Å². The van der Waals surface area contributed by atoms with Crippen LogP contribution in [0.3, 0.4) is 0 Å². The molecule has 0 amide bonds. The average Bonchev–Trinajstić information content (AvgIpc) is 2.67. The second-order valence-electron chi connectivity index (χ2n) is 5.11. The van der Waals surface area contributed by atoms with Gasteiger partial charge in [-0.05, 0) is 13.8 Å². The lowest BCUT2D eigenvalue weighted by atomic mass is 9.87. The molecular formula is C14H21ClN2O3. The Labute approximate surface area is 124 Å². The fourth-order valence-corrected chi connectivity index (χ4v) is 2.89. The number of ketones is 1. The smallest absolute Gasteiger partial charge is 0.170 e. The van der Waals surface area contributed by atoms with Crippen molar-refractivity contribution in [1.29, 1.82) is 0 Å². The molecule has 1 aliphatic rings. The summed E-state index contributed by atoms with van der Waals surface area (Å²) in [6.45, 7) is 5.38. The Hall–Kier alpha value is -0.910. The van der Waals surface area contributed by atoms with Gasteiger partial charge in [0.1, 0.15) is 5.60 Å². The van der Waals surface area contributed by atoms with E-state index in [1.807, 2.05) is 13.8 Å². The molecule has 112 valence electrons. The Kier molecular flexibility index (Phi) is 4.83. The molecule has 0 saturated carbocycles. The van der Waals surface area contributed by atoms with Gasteiger partial charge in [0, 0.05) is 39.7 Å². The molecule has 1 fully saturated rings. The van der Waals surface area contributed by atoms with Crippen molar-refractivity contribution in [3.8, 4) is 0 Å². The number of carbonyl (C=O) groups excluding carboxylic acids is 1. The molecule has 0 aromatic carbocycles. The van der Waals surface area contributed by atoms with E-state index in [-0.39, 0.29) is 12.2 Å². The van der Waals surface area contributed by atoms with Gasteiger partial charge in [0.15, 0.2) is 5.78 Å². The molecule has 0 aliphatic carbocycles. The maximum atomic E-state index is 12.7. The minimum Gasteiger partial charge on any atom is -0.381 e. The first-order valence-corrected chi connectivity index (χ1v) is 7.31. The first kappa shape index (κ1) is 15.5. The van der Waals surface area contributed by atoms with E-state index in [4.69, 9.17) is 21.1 Å². The highest BCUT2D eigenvalue weighted by Crippen LogP contribution is 2.29. The number of carbonyl (C=O) groups is 1. The standard InChI is InChI=1S/C14H21ClN2O3/c1-4-20-14(5-7-19-8-6-14)12(18)9-11-13(15)10(2)16-17(11)3/h4-9H2,1-3H3. The number of nitrogens with zero attached hydrogens (tertiary/aromatic N) is 2. The molecule has 5 nitrogen and oxygen atoms in total. The topological polar surface area (TPSA) is 53.3 Å². The average molecular weight is 301 g/mol. The lowest BCUT2D eigenvalue weighted by Gasteiger charge is -2.35. The van der Waals surface area contributed by atoms with Crippen molar-refractivity contribution in [3.05, 3.63) is 16.4 Å². The van der Waals surface area contributed by atoms with Gasteiger partial charge in [0.05, 0.1) is 22.8 Å². The summed E-state index contributed by atoms with van der Waals surface area (Å²) in [5.41, 5.74) is 0.767. The van der Waals surface area contributed by atoms with Crippen LogP contribution in [0.4, 0.5) is 0 Å². The highest BCUT2D eigenvalue weighted by molar-refractivity contribution is 6.32. The van der Waals surface area contributed by atoms with E-state index in [2.05, 4.69) is 5.10 Å². The van der Waals surface area contributed by atoms with Crippen LogP contribution >= 0.6 is 11.6 Å². The van der Waals surface area contributed by atoms with E-state index in [0.717, 1.165) is 11.4 Å². The molecule has 1 aromatic rings. The molecule has 0 atom stereocenters. The second-order valence-corrected chi connectivity index (χ2v) is 5.49. The number of hydrogen-bond acceptors (Lipinski definition) is 4. The van der Waals surface area contributed by atoms with Crippen LogP contribution in [0.5, 0.6) is 0 Å². The van der Waals surface area contributed by atoms with Crippen molar-refractivity contribution in [3.63, 3.8) is 0 Å². The quantitative estimate of drug-likeness (QED) is 0.835. The van der Waals surface area contributed by atoms with E-state index in [0.29, 0.717) is 37.7 Å². The van der Waals surface area contributed by atoms with Crippen LogP contribution in [0.15, 0.2) is 0 Å². The zero-order valence-corrected chi connectivity index (χ0v) is 13.0. The third-order valence-corrected chi connectivity index (χ3v) is 4.31. The summed E-state index contributed by atoms with van der Waals surface area (Å²) in [5, 5.41) is 4.81. The predicted octanol–water partition coefficient (Wildman–Crippen LogP) is 2.08. The van der Waals surface area contributed by atoms with Crippen molar-refractivity contribution < 1.29 is 14.3 Å². The maximum Gasteiger partial charge on any atom is 0.170 e. The number of rotatable bonds is 5. The van der Waals surface area contributed by atoms with Crippen molar-refractivity contribution >= 4 is 17.4 Å². The van der Waals surface area contributed by atoms with E-state index in [9.17, 15) is 4.79 Å². The summed E-state index contributed by atoms with van der Waals surface area (Å²) in [7, 11) is 1.80. The molecule has 0 unspecified atom stereocenters. The van der Waals surface area contributed by atoms with Gasteiger partial charge in [-0.25, -0.2) is 0 Å². The number of halogens is 1. The Morgan fingerprint density at radius 2 is 2.15 bits per heavy atom. The van der Waals surface area contributed by atoms with Gasteiger partial charge in [-0.15, -0.1) is 0 Å². The van der Waals surface area contributed by atoms with E-state index in [1.165, 1.54) is 0 Å². The molecular weight excluding hydrogens is 280 g/mol. The monoisotopic (exact) mass is 300 g/mol. The van der Waals surface area contributed by atoms with Gasteiger partial charge < -0.3 is 9.47 Å². The molecule has 1 aromatic heterocycles. The van der Waals surface area contributed by atoms with Crippen molar-refractivity contribution in [2.24, 2.45) is 7.05 Å². The summed E-state index contributed by atoms with van der Waals surface area (Å²) in [6.07, 6.45) is 1.46. The number of Topliss-reactive ketones (excluding diaryl/α,β-unsaturated/α-hetero) is 1. The molecule has 1 saturated heterocycles. The van der Waals surface area contributed by atoms with E-state index >= 15 is 0 Å². The lowest BCUT2D eigenvalue weighted by molar-refractivity contribution is -0.156. The van der Waals surface area contributed by atoms with Crippen LogP contribution in [0, 0.1) is 6.92 Å². The molecule has 2 rings (SSSR count). The SMILES string of the molecule is CCOC1(C(=O)Cc2c(Cl)c(C)nn2C)CCOCC1. The molecule has 0 N–H and O–H groups in total. The van der Waals surface area contributed by atoms with Gasteiger partial charge in [0.25, 0.3) is 0 Å². The largest absolute Gasteiger partial charge is 0.381 e. The van der Waals surface area contributed by atoms with E-state index < -0.39 is 5.60 Å². The van der Waals surface area contributed by atoms with Crippen LogP contribution in [-0.4, -0.2) is 41.0 Å². The molecule has 20 heavy (non-hydrogen) atoms. The van der Waals surface area contributed by atoms with Crippen molar-refractivity contribution in [2.45, 2.75) is 38.7 Å². The first-order chi connectivity index (χ1) is 9.50. The summed E-state index contributed by atoms with van der Waals surface area (Å²) >= 11 is 6.22. The van der Waals surface area contributed by atoms with Gasteiger partial charge in [-0.3, -0.25) is 9.48 Å². The minimum absolute atomic E-state index is 0.0625. The third-order valence-electron chi connectivity index (χ3n) is 3.82. The number of aromatic nitrogens is 2. The number of ether oxygens (including phenoxy) is 2. The third kappa shape index (κ3) is 2.90. The highest BCUT2D eigenvalue weighted by Gasteiger charge is 2.41. The van der Waals surface area contributed by atoms with Gasteiger partial charge >= 0.3 is 0 Å². The highest BCUT2D eigenvalue weighted by atomic mass is 35.5. The van der Waals surface area contributed by atoms with Gasteiger partial charge in [0.2, 0.25) is 0 Å². The number of hydrogen-bond donors (Lipinski definition) is 0. The zero-order chi connectivity index (χ0) is 14.8. The predicted molar refractivity (Wildman–Crippen MR) is 76.1 cm³/mol. The Bertz CT molecular complexity index is 487. The van der Waals surface area contributed by atoms with Crippen LogP contribution in [0.2, 0.25) is 5.02 Å². The van der Waals surface area contributed by atoms with Gasteiger partial charge in [-0.1, -0.05) is 11.6 Å². The minimum atomic E-state index is -0.728. The van der Waals surface area contributed by atoms with Crippen LogP contribution in [-0.2, 0) is 27.7 Å². The summed E-state index contributed by atoms with van der Waals surface area (Å²) in [5.74, 6) is 0.0625. The van der Waals surface area contributed by atoms with Crippen LogP contribution in [0.1, 0.15) is 31.2 Å². The van der Waals surface area contributed by atoms with Crippen LogP contribution in [0.25, 0.3) is 0 Å². The Balaban J connectivity index is 2.20. The first-order valence-electron chi connectivity index (χ1n) is 6.93. The lowest BCUT2D eigenvalue weighted by Crippen LogP contribution is -2.47. The Morgan fingerprint density at radius 1 is 1.50 bits per heavy atom. The molecule has 0 radical (unpaired) electrons. The maximum absolute atomic E-state index is 12.7. The zero-order valence-electron chi connectivity index (χ0n) is 12.2. The molecule has 0 bridgehead atoms. The molecule has 1 aliphatic heterocycles. The molecule has 6 heteroatoms. The second kappa shape index (κ2) is 6.24. The Morgan fingerprint density at radius 3 is 2.65 bits per heavy atom. The molecule has 0 spiro atoms. The molecule has 2 heterocycles. The van der Waals surface area contributed by atoms with E-state index in [1.54, 1.807) is 11.7 Å². The van der Waals surface area contributed by atoms with Crippen molar-refractivity contribution in [1.82, 2.24) is 9.78 Å².